The van der Waals surface area contributed by atoms with E-state index in [2.05, 4.69) is 20.9 Å². The lowest BCUT2D eigenvalue weighted by Gasteiger charge is -2.39. The lowest BCUT2D eigenvalue weighted by molar-refractivity contribution is -0.147. The highest BCUT2D eigenvalue weighted by molar-refractivity contribution is 5.98. The van der Waals surface area contributed by atoms with Crippen LogP contribution in [-0.2, 0) is 30.4 Å². The first-order chi connectivity index (χ1) is 21.1. The molecule has 1 aromatic carbocycles. The molecule has 5 N–H and O–H groups in total. The summed E-state index contributed by atoms with van der Waals surface area (Å²) in [6.07, 6.45) is 5.95. The number of carbonyl (C=O) groups excluding carboxylic acids is 5. The molecule has 2 aliphatic rings. The van der Waals surface area contributed by atoms with Gasteiger partial charge in [-0.05, 0) is 56.6 Å². The summed E-state index contributed by atoms with van der Waals surface area (Å²) >= 11 is 0. The second-order valence-corrected chi connectivity index (χ2v) is 12.3. The number of rotatable bonds is 11. The lowest BCUT2D eigenvalue weighted by Crippen LogP contribution is -2.64. The first-order valence-corrected chi connectivity index (χ1v) is 16.1. The topological polar surface area (TPSA) is 161 Å². The fourth-order valence-corrected chi connectivity index (χ4v) is 6.16. The van der Waals surface area contributed by atoms with Crippen LogP contribution in [0.15, 0.2) is 30.5 Å². The third-order valence-electron chi connectivity index (χ3n) is 9.11. The third-order valence-corrected chi connectivity index (χ3v) is 9.11. The smallest absolute Gasteiger partial charge is 0.246 e. The van der Waals surface area contributed by atoms with Crippen LogP contribution < -0.4 is 16.0 Å². The van der Waals surface area contributed by atoms with Gasteiger partial charge in [0.05, 0.1) is 0 Å². The van der Waals surface area contributed by atoms with Crippen molar-refractivity contribution in [3.8, 4) is 0 Å². The Morgan fingerprint density at radius 1 is 0.955 bits per heavy atom. The van der Waals surface area contributed by atoms with Gasteiger partial charge in [0.25, 0.3) is 0 Å². The average Bonchev–Trinajstić information content (AvgIpc) is 3.43. The molecule has 11 heteroatoms. The number of aliphatic hydroxyl groups excluding tert-OH is 1. The van der Waals surface area contributed by atoms with Crippen LogP contribution in [0.25, 0.3) is 10.9 Å². The molecule has 2 fully saturated rings. The molecular weight excluding hydrogens is 562 g/mol. The molecule has 4 amide bonds. The Balaban J connectivity index is 1.62. The number of nitrogens with zero attached hydrogens (tertiary/aromatic N) is 1. The highest BCUT2D eigenvalue weighted by atomic mass is 16.3. The minimum Gasteiger partial charge on any atom is -0.386 e. The number of aromatic nitrogens is 1. The first kappa shape index (κ1) is 33.2. The normalized spacial score (nSPS) is 24.8. The first-order valence-electron chi connectivity index (χ1n) is 16.1. The van der Waals surface area contributed by atoms with Crippen LogP contribution in [0.1, 0.15) is 84.1 Å². The zero-order valence-corrected chi connectivity index (χ0v) is 26.1. The average molecular weight is 610 g/mol. The highest BCUT2D eigenvalue weighted by Gasteiger charge is 2.40. The Kier molecular flexibility index (Phi) is 11.5. The van der Waals surface area contributed by atoms with Crippen molar-refractivity contribution in [3.63, 3.8) is 0 Å². The summed E-state index contributed by atoms with van der Waals surface area (Å²) in [5.74, 6) is -1.97. The number of amides is 4. The number of H-pyrrole nitrogens is 1. The van der Waals surface area contributed by atoms with Crippen molar-refractivity contribution in [2.45, 2.75) is 115 Å². The molecule has 2 saturated heterocycles. The second-order valence-electron chi connectivity index (χ2n) is 12.3. The largest absolute Gasteiger partial charge is 0.386 e. The number of hydrogen-bond acceptors (Lipinski definition) is 6. The number of piperidine rings is 1. The van der Waals surface area contributed by atoms with E-state index in [-0.39, 0.29) is 36.4 Å². The van der Waals surface area contributed by atoms with Gasteiger partial charge in [0, 0.05) is 36.5 Å². The quantitative estimate of drug-likeness (QED) is 0.246. The Morgan fingerprint density at radius 3 is 2.43 bits per heavy atom. The van der Waals surface area contributed by atoms with Crippen molar-refractivity contribution >= 4 is 40.3 Å². The van der Waals surface area contributed by atoms with Crippen molar-refractivity contribution in [1.82, 2.24) is 25.8 Å². The van der Waals surface area contributed by atoms with Crippen molar-refractivity contribution < 1.29 is 29.1 Å². The van der Waals surface area contributed by atoms with Gasteiger partial charge in [-0.3, -0.25) is 24.0 Å². The van der Waals surface area contributed by atoms with E-state index in [1.54, 1.807) is 4.90 Å². The molecule has 3 unspecified atom stereocenters. The van der Waals surface area contributed by atoms with E-state index in [9.17, 15) is 29.1 Å². The molecule has 0 saturated carbocycles. The minimum absolute atomic E-state index is 0.182. The van der Waals surface area contributed by atoms with Gasteiger partial charge >= 0.3 is 0 Å². The summed E-state index contributed by atoms with van der Waals surface area (Å²) in [4.78, 5) is 72.0. The molecule has 1 aromatic heterocycles. The predicted octanol–water partition coefficient (Wildman–Crippen LogP) is 2.51. The standard InChI is InChI=1S/C33H47N5O6/c1-4-20(2)29-33(44)38-17-11-10-15-27(38)32(43)35-25(14-6-5-7-16-28(40)21(3)39)30(41)36-26(31(42)37-29)18-22-19-34-24-13-9-8-12-23(22)24/h8-9,12-13,19-21,25-27,29,34,39H,4-7,10-11,14-18H2,1-3H3,(H,35,43)(H,36,41)(H,37,42)/t20-,21?,25?,26+,27?,29+/m1/s1. The van der Waals surface area contributed by atoms with E-state index in [1.807, 2.05) is 44.3 Å². The molecule has 44 heavy (non-hydrogen) atoms. The maximum absolute atomic E-state index is 14.0. The van der Waals surface area contributed by atoms with Crippen molar-refractivity contribution in [1.29, 1.82) is 0 Å². The number of aromatic amines is 1. The van der Waals surface area contributed by atoms with Gasteiger partial charge in [0.1, 0.15) is 30.3 Å². The molecule has 2 aliphatic heterocycles. The van der Waals surface area contributed by atoms with Crippen LogP contribution in [0.5, 0.6) is 0 Å². The molecule has 0 bridgehead atoms. The van der Waals surface area contributed by atoms with Gasteiger partial charge in [0.15, 0.2) is 5.78 Å². The number of fused-ring (bicyclic) bond motifs is 2. The number of carbonyl (C=O) groups is 5. The second kappa shape index (κ2) is 15.3. The van der Waals surface area contributed by atoms with Crippen LogP contribution in [0, 0.1) is 5.92 Å². The minimum atomic E-state index is -1.01. The number of hydrogen-bond donors (Lipinski definition) is 5. The monoisotopic (exact) mass is 609 g/mol. The maximum atomic E-state index is 14.0. The molecule has 2 aromatic rings. The summed E-state index contributed by atoms with van der Waals surface area (Å²) in [6.45, 7) is 5.72. The van der Waals surface area contributed by atoms with Crippen LogP contribution in [-0.4, -0.2) is 81.2 Å². The summed E-state index contributed by atoms with van der Waals surface area (Å²) in [7, 11) is 0. The van der Waals surface area contributed by atoms with Gasteiger partial charge in [-0.25, -0.2) is 0 Å². The van der Waals surface area contributed by atoms with E-state index in [0.717, 1.165) is 29.3 Å². The number of Topliss-reactive ketones (excluding diaryl/α,β-unsaturated/α-hetero) is 1. The van der Waals surface area contributed by atoms with Crippen LogP contribution in [0.4, 0.5) is 0 Å². The number of unbranched alkanes of at least 4 members (excludes halogenated alkanes) is 2. The predicted molar refractivity (Wildman–Crippen MR) is 166 cm³/mol. The van der Waals surface area contributed by atoms with Crippen molar-refractivity contribution in [2.75, 3.05) is 6.54 Å². The number of aliphatic hydroxyl groups is 1. The number of nitrogens with one attached hydrogen (secondary N) is 4. The lowest BCUT2D eigenvalue weighted by atomic mass is 9.93. The molecule has 6 atom stereocenters. The Hall–Kier alpha value is -3.73. The molecule has 0 spiro atoms. The Labute approximate surface area is 258 Å². The summed E-state index contributed by atoms with van der Waals surface area (Å²) in [5.41, 5.74) is 1.75. The van der Waals surface area contributed by atoms with E-state index in [1.165, 1.54) is 6.92 Å². The molecule has 0 radical (unpaired) electrons. The summed E-state index contributed by atoms with van der Waals surface area (Å²) in [6, 6.07) is 4.25. The van der Waals surface area contributed by atoms with Crippen LogP contribution in [0.3, 0.4) is 0 Å². The summed E-state index contributed by atoms with van der Waals surface area (Å²) < 4.78 is 0. The summed E-state index contributed by atoms with van der Waals surface area (Å²) in [5, 5.41) is 19.2. The van der Waals surface area contributed by atoms with Gasteiger partial charge in [-0.1, -0.05) is 51.3 Å². The fourth-order valence-electron chi connectivity index (χ4n) is 6.16. The molecule has 3 heterocycles. The van der Waals surface area contributed by atoms with Gasteiger partial charge < -0.3 is 30.9 Å². The highest BCUT2D eigenvalue weighted by Crippen LogP contribution is 2.23. The van der Waals surface area contributed by atoms with Gasteiger partial charge in [-0.2, -0.15) is 0 Å². The number of benzene rings is 1. The van der Waals surface area contributed by atoms with Crippen LogP contribution in [0.2, 0.25) is 0 Å². The Morgan fingerprint density at radius 2 is 1.68 bits per heavy atom. The molecule has 0 aliphatic carbocycles. The number of para-hydroxylation sites is 1. The van der Waals surface area contributed by atoms with Crippen LogP contribution >= 0.6 is 0 Å². The van der Waals surface area contributed by atoms with E-state index in [0.29, 0.717) is 45.1 Å². The van der Waals surface area contributed by atoms with Gasteiger partial charge in [-0.15, -0.1) is 0 Å². The molecule has 11 nitrogen and oxygen atoms in total. The molecule has 4 rings (SSSR count). The van der Waals surface area contributed by atoms with Crippen molar-refractivity contribution in [2.24, 2.45) is 5.92 Å². The Bertz CT molecular complexity index is 1340. The van der Waals surface area contributed by atoms with E-state index >= 15 is 0 Å². The SMILES string of the molecule is CC[C@@H](C)[C@@H]1NC(=O)[C@H](Cc2c[nH]c3ccccc23)NC(=O)C(CCCCCC(=O)C(C)O)NC(=O)C2CCCCN2C1=O. The van der Waals surface area contributed by atoms with E-state index < -0.39 is 42.1 Å². The molecular formula is C33H47N5O6. The van der Waals surface area contributed by atoms with E-state index in [4.69, 9.17) is 0 Å². The number of ketones is 1. The zero-order valence-electron chi connectivity index (χ0n) is 26.1. The zero-order chi connectivity index (χ0) is 31.8. The maximum Gasteiger partial charge on any atom is 0.246 e. The van der Waals surface area contributed by atoms with Gasteiger partial charge in [0.2, 0.25) is 23.6 Å². The fraction of sp³-hybridized carbons (Fsp3) is 0.606. The van der Waals surface area contributed by atoms with Crippen molar-refractivity contribution in [3.05, 3.63) is 36.0 Å². The molecule has 240 valence electrons. The third kappa shape index (κ3) is 8.05.